The zero-order valence-corrected chi connectivity index (χ0v) is 24.9. The summed E-state index contributed by atoms with van der Waals surface area (Å²) in [5.74, 6) is 0.931. The fraction of sp³-hybridized carbons (Fsp3) is 0.233. The first-order chi connectivity index (χ1) is 20.2. The summed E-state index contributed by atoms with van der Waals surface area (Å²) >= 11 is 7.34. The molecular formula is C30H27ClN4O6S. The highest BCUT2D eigenvalue weighted by molar-refractivity contribution is 7.07. The zero-order valence-electron chi connectivity index (χ0n) is 23.3. The van der Waals surface area contributed by atoms with Gasteiger partial charge in [-0.3, -0.25) is 24.3 Å². The summed E-state index contributed by atoms with van der Waals surface area (Å²) in [4.78, 5) is 45.3. The number of hydrogen-bond donors (Lipinski definition) is 0. The van der Waals surface area contributed by atoms with Gasteiger partial charge in [0.15, 0.2) is 4.80 Å². The van der Waals surface area contributed by atoms with Crippen LogP contribution in [0.3, 0.4) is 0 Å². The molecule has 0 bridgehead atoms. The van der Waals surface area contributed by atoms with E-state index in [1.165, 1.54) is 41.2 Å². The number of hydrogen-bond acceptors (Lipinski definition) is 8. The number of ether oxygens (including phenoxy) is 1. The highest BCUT2D eigenvalue weighted by Gasteiger charge is 2.34. The van der Waals surface area contributed by atoms with E-state index >= 15 is 0 Å². The van der Waals surface area contributed by atoms with Crippen LogP contribution in [0.5, 0.6) is 5.75 Å². The Morgan fingerprint density at radius 3 is 2.55 bits per heavy atom. The third-order valence-corrected chi connectivity index (χ3v) is 8.28. The first-order valence-electron chi connectivity index (χ1n) is 13.2. The van der Waals surface area contributed by atoms with Gasteiger partial charge in [0, 0.05) is 36.3 Å². The Balaban J connectivity index is 1.64. The topological polar surface area (TPSA) is 120 Å². The van der Waals surface area contributed by atoms with E-state index in [4.69, 9.17) is 20.8 Å². The van der Waals surface area contributed by atoms with E-state index < -0.39 is 11.0 Å². The molecule has 1 aliphatic rings. The highest BCUT2D eigenvalue weighted by Crippen LogP contribution is 2.35. The number of fused-ring (bicyclic) bond motifs is 1. The van der Waals surface area contributed by atoms with E-state index in [9.17, 15) is 19.7 Å². The maximum absolute atomic E-state index is 13.9. The number of nitro groups is 1. The van der Waals surface area contributed by atoms with E-state index in [0.29, 0.717) is 61.5 Å². The van der Waals surface area contributed by atoms with Crippen molar-refractivity contribution in [1.29, 1.82) is 0 Å². The van der Waals surface area contributed by atoms with Crippen molar-refractivity contribution in [2.75, 3.05) is 20.2 Å². The number of rotatable bonds is 8. The van der Waals surface area contributed by atoms with Gasteiger partial charge in [-0.05, 0) is 56.7 Å². The minimum Gasteiger partial charge on any atom is -0.496 e. The lowest BCUT2D eigenvalue weighted by atomic mass is 9.94. The average molecular weight is 607 g/mol. The first-order valence-corrected chi connectivity index (χ1v) is 14.4. The van der Waals surface area contributed by atoms with Crippen LogP contribution in [-0.4, -0.2) is 40.5 Å². The second-order valence-electron chi connectivity index (χ2n) is 9.45. The molecule has 0 saturated heterocycles. The molecule has 0 fully saturated rings. The third kappa shape index (κ3) is 5.28. The molecule has 0 unspecified atom stereocenters. The molecule has 216 valence electrons. The molecule has 3 heterocycles. The standard InChI is InChI=1S/C30H27ClN4O6S/c1-5-33(6-2)29(37)26-17(3)32-30-34(27(26)18-7-9-19(31)10-8-18)28(36)25(42-30)16-21-12-14-24(41-21)22-15-20(35(38)39)11-13-23(22)40-4/h7-16,27H,5-6H2,1-4H3/b25-16+/t27-/m0/s1. The van der Waals surface area contributed by atoms with E-state index in [1.807, 2.05) is 26.0 Å². The van der Waals surface area contributed by atoms with Gasteiger partial charge in [-0.25, -0.2) is 4.99 Å². The maximum Gasteiger partial charge on any atom is 0.271 e. The summed E-state index contributed by atoms with van der Waals surface area (Å²) in [6.45, 7) is 6.62. The number of nitrogens with zero attached hydrogens (tertiary/aromatic N) is 4. The van der Waals surface area contributed by atoms with Crippen LogP contribution in [0.25, 0.3) is 17.4 Å². The van der Waals surface area contributed by atoms with Crippen molar-refractivity contribution in [2.24, 2.45) is 4.99 Å². The van der Waals surface area contributed by atoms with Gasteiger partial charge in [-0.1, -0.05) is 35.1 Å². The molecule has 1 aliphatic heterocycles. The molecule has 4 aromatic rings. The molecule has 0 aliphatic carbocycles. The highest BCUT2D eigenvalue weighted by atomic mass is 35.5. The molecule has 0 radical (unpaired) electrons. The third-order valence-electron chi connectivity index (χ3n) is 7.05. The monoisotopic (exact) mass is 606 g/mol. The second kappa shape index (κ2) is 11.8. The summed E-state index contributed by atoms with van der Waals surface area (Å²) in [5, 5.41) is 11.9. The Morgan fingerprint density at radius 2 is 1.90 bits per heavy atom. The van der Waals surface area contributed by atoms with Crippen LogP contribution in [0.15, 0.2) is 80.1 Å². The molecular weight excluding hydrogens is 580 g/mol. The minimum atomic E-state index is -0.699. The second-order valence-corrected chi connectivity index (χ2v) is 10.9. The normalized spacial score (nSPS) is 14.9. The first kappa shape index (κ1) is 29.0. The summed E-state index contributed by atoms with van der Waals surface area (Å²) in [6.07, 6.45) is 1.60. The molecule has 5 rings (SSSR count). The Morgan fingerprint density at radius 1 is 1.19 bits per heavy atom. The van der Waals surface area contributed by atoms with Gasteiger partial charge in [0.1, 0.15) is 17.3 Å². The van der Waals surface area contributed by atoms with Gasteiger partial charge in [0.25, 0.3) is 17.2 Å². The molecule has 12 heteroatoms. The molecule has 42 heavy (non-hydrogen) atoms. The van der Waals surface area contributed by atoms with Gasteiger partial charge < -0.3 is 14.1 Å². The van der Waals surface area contributed by atoms with Crippen LogP contribution in [-0.2, 0) is 4.79 Å². The van der Waals surface area contributed by atoms with Crippen molar-refractivity contribution in [3.05, 3.63) is 112 Å². The van der Waals surface area contributed by atoms with Crippen LogP contribution in [0, 0.1) is 10.1 Å². The van der Waals surface area contributed by atoms with Gasteiger partial charge in [0.05, 0.1) is 39.4 Å². The lowest BCUT2D eigenvalue weighted by molar-refractivity contribution is -0.384. The number of non-ortho nitro benzene ring substituents is 1. The summed E-state index contributed by atoms with van der Waals surface area (Å²) in [5.41, 5.74) is 1.67. The molecule has 2 aromatic carbocycles. The Bertz CT molecular complexity index is 1900. The van der Waals surface area contributed by atoms with Gasteiger partial charge in [-0.2, -0.15) is 0 Å². The lowest BCUT2D eigenvalue weighted by Crippen LogP contribution is -2.43. The van der Waals surface area contributed by atoms with Crippen molar-refractivity contribution >= 4 is 40.6 Å². The van der Waals surface area contributed by atoms with E-state index in [1.54, 1.807) is 42.2 Å². The van der Waals surface area contributed by atoms with Crippen LogP contribution in [0.1, 0.15) is 38.1 Å². The molecule has 2 aromatic heterocycles. The summed E-state index contributed by atoms with van der Waals surface area (Å²) in [6, 6.07) is 13.9. The number of amides is 1. The van der Waals surface area contributed by atoms with Gasteiger partial charge in [-0.15, -0.1) is 0 Å². The zero-order chi connectivity index (χ0) is 30.1. The van der Waals surface area contributed by atoms with Crippen LogP contribution in [0.2, 0.25) is 5.02 Å². The number of nitro benzene ring substituents is 1. The molecule has 1 atom stereocenters. The number of furan rings is 1. The largest absolute Gasteiger partial charge is 0.496 e. The predicted octanol–water partition coefficient (Wildman–Crippen LogP) is 4.93. The smallest absolute Gasteiger partial charge is 0.271 e. The fourth-order valence-corrected chi connectivity index (χ4v) is 6.10. The van der Waals surface area contributed by atoms with Crippen molar-refractivity contribution in [3.8, 4) is 17.1 Å². The van der Waals surface area contributed by atoms with Crippen molar-refractivity contribution in [1.82, 2.24) is 9.47 Å². The number of carbonyl (C=O) groups excluding carboxylic acids is 1. The summed E-state index contributed by atoms with van der Waals surface area (Å²) in [7, 11) is 1.47. The average Bonchev–Trinajstić information content (AvgIpc) is 3.57. The Labute approximate surface area is 249 Å². The summed E-state index contributed by atoms with van der Waals surface area (Å²) < 4.78 is 13.2. The number of halogens is 1. The number of methoxy groups -OCH3 is 1. The fourth-order valence-electron chi connectivity index (χ4n) is 4.94. The number of aromatic nitrogens is 1. The molecule has 10 nitrogen and oxygen atoms in total. The van der Waals surface area contributed by atoms with Crippen LogP contribution in [0.4, 0.5) is 5.69 Å². The van der Waals surface area contributed by atoms with Crippen LogP contribution < -0.4 is 19.6 Å². The number of thiazole rings is 1. The number of likely N-dealkylation sites (N-methyl/N-ethyl adjacent to an activating group) is 1. The number of carbonyl (C=O) groups is 1. The quantitative estimate of drug-likeness (QED) is 0.207. The molecule has 0 spiro atoms. The van der Waals surface area contributed by atoms with E-state index in [-0.39, 0.29) is 17.2 Å². The molecule has 0 N–H and O–H groups in total. The Hall–Kier alpha value is -4.48. The molecule has 1 amide bonds. The van der Waals surface area contributed by atoms with Crippen LogP contribution >= 0.6 is 22.9 Å². The maximum atomic E-state index is 13.9. The Kier molecular flexibility index (Phi) is 8.15. The van der Waals surface area contributed by atoms with Crippen molar-refractivity contribution < 1.29 is 18.9 Å². The molecule has 0 saturated carbocycles. The number of allylic oxidation sites excluding steroid dienone is 1. The van der Waals surface area contributed by atoms with Crippen molar-refractivity contribution in [3.63, 3.8) is 0 Å². The van der Waals surface area contributed by atoms with Gasteiger partial charge >= 0.3 is 0 Å². The number of benzene rings is 2. The SMILES string of the molecule is CCN(CC)C(=O)C1=C(C)N=c2s/c(=C/c3ccc(-c4cc([N+](=O)[O-])ccc4OC)o3)c(=O)n2[C@H]1c1ccc(Cl)cc1. The minimum absolute atomic E-state index is 0.107. The van der Waals surface area contributed by atoms with Crippen molar-refractivity contribution in [2.45, 2.75) is 26.8 Å². The van der Waals surface area contributed by atoms with Gasteiger partial charge in [0.2, 0.25) is 0 Å². The van der Waals surface area contributed by atoms with E-state index in [0.717, 1.165) is 5.56 Å². The predicted molar refractivity (Wildman–Crippen MR) is 160 cm³/mol. The van der Waals surface area contributed by atoms with E-state index in [2.05, 4.69) is 4.99 Å². The lowest BCUT2D eigenvalue weighted by Gasteiger charge is -2.29.